The SMILES string of the molecule is Cc1ccc(C)c(C(Cl)C2CCCO2)c1. The van der Waals surface area contributed by atoms with Crippen LogP contribution < -0.4 is 0 Å². The molecule has 2 unspecified atom stereocenters. The monoisotopic (exact) mass is 224 g/mol. The van der Waals surface area contributed by atoms with Crippen molar-refractivity contribution in [3.63, 3.8) is 0 Å². The van der Waals surface area contributed by atoms with Crippen LogP contribution in [0.2, 0.25) is 0 Å². The van der Waals surface area contributed by atoms with Gasteiger partial charge in [-0.3, -0.25) is 0 Å². The zero-order valence-corrected chi connectivity index (χ0v) is 10.1. The first-order valence-electron chi connectivity index (χ1n) is 5.51. The average molecular weight is 225 g/mol. The highest BCUT2D eigenvalue weighted by molar-refractivity contribution is 6.21. The Bertz CT molecular complexity index is 342. The Balaban J connectivity index is 2.23. The molecule has 2 rings (SSSR count). The van der Waals surface area contributed by atoms with Gasteiger partial charge in [-0.15, -0.1) is 11.6 Å². The molecule has 1 heterocycles. The third kappa shape index (κ3) is 2.35. The van der Waals surface area contributed by atoms with Crippen LogP contribution in [0.25, 0.3) is 0 Å². The summed E-state index contributed by atoms with van der Waals surface area (Å²) in [6.07, 6.45) is 2.42. The smallest absolute Gasteiger partial charge is 0.0849 e. The Labute approximate surface area is 96.4 Å². The van der Waals surface area contributed by atoms with E-state index in [9.17, 15) is 0 Å². The highest BCUT2D eigenvalue weighted by Crippen LogP contribution is 2.34. The van der Waals surface area contributed by atoms with E-state index in [0.29, 0.717) is 0 Å². The molecule has 1 aromatic rings. The van der Waals surface area contributed by atoms with E-state index in [-0.39, 0.29) is 11.5 Å². The lowest BCUT2D eigenvalue weighted by Gasteiger charge is -2.19. The first-order chi connectivity index (χ1) is 7.18. The molecule has 0 N–H and O–H groups in total. The maximum Gasteiger partial charge on any atom is 0.0849 e. The van der Waals surface area contributed by atoms with E-state index in [4.69, 9.17) is 16.3 Å². The number of rotatable bonds is 2. The molecular formula is C13H17ClO. The van der Waals surface area contributed by atoms with Gasteiger partial charge in [0.05, 0.1) is 11.5 Å². The average Bonchev–Trinajstić information content (AvgIpc) is 2.74. The Morgan fingerprint density at radius 1 is 1.40 bits per heavy atom. The molecule has 15 heavy (non-hydrogen) atoms. The Morgan fingerprint density at radius 3 is 2.87 bits per heavy atom. The summed E-state index contributed by atoms with van der Waals surface area (Å²) in [4.78, 5) is 0. The van der Waals surface area contributed by atoms with Crippen molar-refractivity contribution in [1.29, 1.82) is 0 Å². The standard InChI is InChI=1S/C13H17ClO/c1-9-5-6-10(2)11(8-9)13(14)12-4-3-7-15-12/h5-6,8,12-13H,3-4,7H2,1-2H3. The summed E-state index contributed by atoms with van der Waals surface area (Å²) in [5, 5.41) is 0.00685. The van der Waals surface area contributed by atoms with Gasteiger partial charge in [-0.1, -0.05) is 23.8 Å². The molecule has 1 aliphatic heterocycles. The fourth-order valence-electron chi connectivity index (χ4n) is 2.09. The molecule has 0 aromatic heterocycles. The van der Waals surface area contributed by atoms with Gasteiger partial charge in [0.15, 0.2) is 0 Å². The van der Waals surface area contributed by atoms with Crippen molar-refractivity contribution < 1.29 is 4.74 Å². The summed E-state index contributed by atoms with van der Waals surface area (Å²) >= 11 is 6.46. The second kappa shape index (κ2) is 4.54. The number of ether oxygens (including phenoxy) is 1. The predicted octanol–water partition coefficient (Wildman–Crippen LogP) is 3.76. The van der Waals surface area contributed by atoms with Crippen LogP contribution in [0.3, 0.4) is 0 Å². The van der Waals surface area contributed by atoms with Gasteiger partial charge < -0.3 is 4.74 Å². The topological polar surface area (TPSA) is 9.23 Å². The normalized spacial score (nSPS) is 23.0. The lowest BCUT2D eigenvalue weighted by molar-refractivity contribution is 0.107. The van der Waals surface area contributed by atoms with Crippen molar-refractivity contribution >= 4 is 11.6 Å². The lowest BCUT2D eigenvalue weighted by Crippen LogP contribution is -2.13. The van der Waals surface area contributed by atoms with Crippen LogP contribution in [0.4, 0.5) is 0 Å². The number of halogens is 1. The van der Waals surface area contributed by atoms with Gasteiger partial charge in [0.1, 0.15) is 0 Å². The molecule has 1 saturated heterocycles. The van der Waals surface area contributed by atoms with Crippen molar-refractivity contribution in [1.82, 2.24) is 0 Å². The summed E-state index contributed by atoms with van der Waals surface area (Å²) < 4.78 is 5.63. The van der Waals surface area contributed by atoms with Crippen LogP contribution in [-0.4, -0.2) is 12.7 Å². The van der Waals surface area contributed by atoms with Crippen LogP contribution in [0.15, 0.2) is 18.2 Å². The predicted molar refractivity (Wildman–Crippen MR) is 63.5 cm³/mol. The zero-order valence-electron chi connectivity index (χ0n) is 9.29. The highest BCUT2D eigenvalue weighted by atomic mass is 35.5. The van der Waals surface area contributed by atoms with E-state index in [2.05, 4.69) is 32.0 Å². The molecule has 0 radical (unpaired) electrons. The summed E-state index contributed by atoms with van der Waals surface area (Å²) in [5.74, 6) is 0. The molecule has 0 bridgehead atoms. The van der Waals surface area contributed by atoms with Crippen molar-refractivity contribution in [3.8, 4) is 0 Å². The minimum absolute atomic E-state index is 0.00685. The number of benzene rings is 1. The van der Waals surface area contributed by atoms with Gasteiger partial charge in [-0.05, 0) is 37.8 Å². The molecule has 1 nitrogen and oxygen atoms in total. The van der Waals surface area contributed by atoms with Gasteiger partial charge in [0.2, 0.25) is 0 Å². The molecule has 1 aromatic carbocycles. The van der Waals surface area contributed by atoms with E-state index in [1.54, 1.807) is 0 Å². The van der Waals surface area contributed by atoms with E-state index >= 15 is 0 Å². The van der Waals surface area contributed by atoms with Crippen molar-refractivity contribution in [2.75, 3.05) is 6.61 Å². The van der Waals surface area contributed by atoms with Crippen LogP contribution in [0, 0.1) is 13.8 Å². The van der Waals surface area contributed by atoms with E-state index in [0.717, 1.165) is 19.4 Å². The minimum atomic E-state index is 0.00685. The van der Waals surface area contributed by atoms with Crippen LogP contribution >= 0.6 is 11.6 Å². The third-order valence-electron chi connectivity index (χ3n) is 3.02. The number of hydrogen-bond acceptors (Lipinski definition) is 1. The second-order valence-electron chi connectivity index (χ2n) is 4.31. The summed E-state index contributed by atoms with van der Waals surface area (Å²) in [6, 6.07) is 6.43. The maximum atomic E-state index is 6.46. The van der Waals surface area contributed by atoms with E-state index in [1.807, 2.05) is 0 Å². The van der Waals surface area contributed by atoms with Crippen LogP contribution in [-0.2, 0) is 4.74 Å². The molecule has 2 atom stereocenters. The maximum absolute atomic E-state index is 6.46. The van der Waals surface area contributed by atoms with Crippen molar-refractivity contribution in [3.05, 3.63) is 34.9 Å². The van der Waals surface area contributed by atoms with Crippen molar-refractivity contribution in [2.45, 2.75) is 38.2 Å². The van der Waals surface area contributed by atoms with Crippen LogP contribution in [0.1, 0.15) is 34.9 Å². The van der Waals surface area contributed by atoms with Gasteiger partial charge in [0.25, 0.3) is 0 Å². The van der Waals surface area contributed by atoms with Gasteiger partial charge in [-0.25, -0.2) is 0 Å². The first kappa shape index (κ1) is 11.0. The lowest BCUT2D eigenvalue weighted by atomic mass is 9.98. The quantitative estimate of drug-likeness (QED) is 0.695. The molecule has 0 aliphatic carbocycles. The van der Waals surface area contributed by atoms with E-state index in [1.165, 1.54) is 16.7 Å². The summed E-state index contributed by atoms with van der Waals surface area (Å²) in [5.41, 5.74) is 3.75. The summed E-state index contributed by atoms with van der Waals surface area (Å²) in [7, 11) is 0. The van der Waals surface area contributed by atoms with Gasteiger partial charge in [0, 0.05) is 6.61 Å². The Hall–Kier alpha value is -0.530. The molecule has 0 spiro atoms. The van der Waals surface area contributed by atoms with Gasteiger partial charge >= 0.3 is 0 Å². The van der Waals surface area contributed by atoms with Crippen molar-refractivity contribution in [2.24, 2.45) is 0 Å². The fourth-order valence-corrected chi connectivity index (χ4v) is 2.52. The molecule has 1 fully saturated rings. The third-order valence-corrected chi connectivity index (χ3v) is 3.54. The first-order valence-corrected chi connectivity index (χ1v) is 5.95. The van der Waals surface area contributed by atoms with Gasteiger partial charge in [-0.2, -0.15) is 0 Å². The largest absolute Gasteiger partial charge is 0.376 e. The fraction of sp³-hybridized carbons (Fsp3) is 0.538. The van der Waals surface area contributed by atoms with E-state index < -0.39 is 0 Å². The molecule has 82 valence electrons. The minimum Gasteiger partial charge on any atom is -0.376 e. The highest BCUT2D eigenvalue weighted by Gasteiger charge is 2.26. The molecule has 2 heteroatoms. The van der Waals surface area contributed by atoms with Crippen LogP contribution in [0.5, 0.6) is 0 Å². The number of aryl methyl sites for hydroxylation is 2. The zero-order chi connectivity index (χ0) is 10.8. The molecule has 0 saturated carbocycles. The molecular weight excluding hydrogens is 208 g/mol. The molecule has 1 aliphatic rings. The number of alkyl halides is 1. The Morgan fingerprint density at radius 2 is 2.20 bits per heavy atom. The number of hydrogen-bond donors (Lipinski definition) is 0. The second-order valence-corrected chi connectivity index (χ2v) is 4.78. The Kier molecular flexibility index (Phi) is 3.32. The molecule has 0 amide bonds. The summed E-state index contributed by atoms with van der Waals surface area (Å²) in [6.45, 7) is 5.07.